The van der Waals surface area contributed by atoms with Gasteiger partial charge in [0.15, 0.2) is 0 Å². The van der Waals surface area contributed by atoms with Crippen molar-refractivity contribution in [1.82, 2.24) is 14.1 Å². The summed E-state index contributed by atoms with van der Waals surface area (Å²) >= 11 is 0. The molecule has 5 aromatic rings. The molecule has 2 N–H and O–H groups in total. The van der Waals surface area contributed by atoms with Crippen LogP contribution in [0.3, 0.4) is 0 Å². The van der Waals surface area contributed by atoms with Crippen LogP contribution >= 0.6 is 0 Å². The number of aryl methyl sites for hydroxylation is 1. The summed E-state index contributed by atoms with van der Waals surface area (Å²) in [7, 11) is 3.19. The van der Waals surface area contributed by atoms with Gasteiger partial charge in [0.05, 0.1) is 56.7 Å². The van der Waals surface area contributed by atoms with Gasteiger partial charge in [-0.3, -0.25) is 4.79 Å². The van der Waals surface area contributed by atoms with Crippen LogP contribution in [0.25, 0.3) is 5.69 Å². The van der Waals surface area contributed by atoms with Crippen molar-refractivity contribution in [2.45, 2.75) is 33.1 Å². The molecule has 1 atom stereocenters. The van der Waals surface area contributed by atoms with Gasteiger partial charge in [-0.25, -0.2) is 9.37 Å². The van der Waals surface area contributed by atoms with Crippen LogP contribution in [0.1, 0.15) is 46.5 Å². The number of hydrazone groups is 1. The van der Waals surface area contributed by atoms with E-state index in [1.807, 2.05) is 61.0 Å². The summed E-state index contributed by atoms with van der Waals surface area (Å²) < 4.78 is 34.1. The van der Waals surface area contributed by atoms with Crippen molar-refractivity contribution in [1.29, 1.82) is 0 Å². The Labute approximate surface area is 255 Å². The molecule has 0 radical (unpaired) electrons. The number of hydrogen-bond donors (Lipinski definition) is 1. The number of benzene rings is 3. The molecule has 0 spiro atoms. The first-order chi connectivity index (χ1) is 21.3. The highest BCUT2D eigenvalue weighted by atomic mass is 19.1. The first-order valence-corrected chi connectivity index (χ1v) is 14.0. The number of halogens is 1. The first-order valence-electron chi connectivity index (χ1n) is 14.0. The normalized spacial score (nSPS) is 12.2. The van der Waals surface area contributed by atoms with E-state index in [0.29, 0.717) is 29.2 Å². The zero-order chi connectivity index (χ0) is 31.2. The lowest BCUT2D eigenvalue weighted by Crippen LogP contribution is -2.30. The molecule has 2 aromatic heterocycles. The zero-order valence-corrected chi connectivity index (χ0v) is 25.0. The highest BCUT2D eigenvalue weighted by molar-refractivity contribution is 6.13. The number of imidazole rings is 1. The number of nitrogens with two attached hydrogens (primary N) is 1. The Morgan fingerprint density at radius 3 is 2.32 bits per heavy atom. The van der Waals surface area contributed by atoms with Gasteiger partial charge in [0.2, 0.25) is 0 Å². The number of pyridine rings is 1. The van der Waals surface area contributed by atoms with Gasteiger partial charge in [-0.2, -0.15) is 5.10 Å². The van der Waals surface area contributed by atoms with Crippen molar-refractivity contribution in [3.63, 3.8) is 0 Å². The maximum absolute atomic E-state index is 14.0. The van der Waals surface area contributed by atoms with E-state index < -0.39 is 6.04 Å². The Balaban J connectivity index is 1.53. The lowest BCUT2D eigenvalue weighted by atomic mass is 10.0. The Kier molecular flexibility index (Phi) is 9.20. The number of hydrogen-bond acceptors (Lipinski definition) is 7. The van der Waals surface area contributed by atoms with Crippen LogP contribution in [-0.4, -0.2) is 34.0 Å². The molecule has 0 aliphatic rings. The van der Waals surface area contributed by atoms with Gasteiger partial charge in [0.25, 0.3) is 5.56 Å². The van der Waals surface area contributed by atoms with E-state index in [1.165, 1.54) is 12.1 Å². The molecule has 226 valence electrons. The smallest absolute Gasteiger partial charge is 0.260 e. The number of rotatable bonds is 11. The average Bonchev–Trinajstić information content (AvgIpc) is 3.48. The van der Waals surface area contributed by atoms with Crippen LogP contribution in [-0.2, 0) is 18.0 Å². The molecular formula is C34H34FN5O4. The summed E-state index contributed by atoms with van der Waals surface area (Å²) in [6, 6.07) is 20.5. The van der Waals surface area contributed by atoms with Gasteiger partial charge in [-0.05, 0) is 73.0 Å². The summed E-state index contributed by atoms with van der Waals surface area (Å²) in [4.78, 5) is 18.3. The van der Waals surface area contributed by atoms with Crippen molar-refractivity contribution in [3.8, 4) is 17.2 Å². The van der Waals surface area contributed by atoms with E-state index in [0.717, 1.165) is 33.8 Å². The topological polar surface area (TPSA) is 106 Å². The number of methoxy groups -OCH3 is 2. The number of aromatic nitrogens is 3. The SMILES string of the molecule is COc1ccc(COCc2cc(C(=NN)c3ccc(-n4cnc(C)c4)c(OC)c3)c(=O)n([C@@H](C)c3ccc(F)cc3)c2)cc1. The highest BCUT2D eigenvalue weighted by Crippen LogP contribution is 2.26. The molecule has 0 fully saturated rings. The molecule has 0 saturated carbocycles. The summed E-state index contributed by atoms with van der Waals surface area (Å²) in [5.41, 5.74) is 4.99. The standard InChI is InChI=1S/C34H34FN5O4/c1-22-17-39(21-37-22)31-14-9-27(16-32(31)43-4)33(38-36)30-15-25(20-44-19-24-5-12-29(42-3)13-6-24)18-40(34(30)41)23(2)26-7-10-28(35)11-8-26/h5-18,21,23H,19-20,36H2,1-4H3/t23-/m0/s1. The third-order valence-electron chi connectivity index (χ3n) is 7.39. The molecule has 10 heteroatoms. The van der Waals surface area contributed by atoms with Gasteiger partial charge in [0, 0.05) is 18.0 Å². The predicted octanol–water partition coefficient (Wildman–Crippen LogP) is 5.54. The fraction of sp³-hybridized carbons (Fsp3) is 0.206. The third-order valence-corrected chi connectivity index (χ3v) is 7.39. The van der Waals surface area contributed by atoms with E-state index in [-0.39, 0.29) is 18.0 Å². The first kappa shape index (κ1) is 30.2. The van der Waals surface area contributed by atoms with Crippen LogP contribution in [0, 0.1) is 12.7 Å². The maximum Gasteiger partial charge on any atom is 0.260 e. The molecule has 44 heavy (non-hydrogen) atoms. The third kappa shape index (κ3) is 6.55. The van der Waals surface area contributed by atoms with Crippen LogP contribution in [0.5, 0.6) is 11.5 Å². The molecule has 0 amide bonds. The van der Waals surface area contributed by atoms with Gasteiger partial charge in [0.1, 0.15) is 23.0 Å². The van der Waals surface area contributed by atoms with Crippen LogP contribution in [0.15, 0.2) is 101 Å². The number of ether oxygens (including phenoxy) is 3. The Hall–Kier alpha value is -5.22. The fourth-order valence-electron chi connectivity index (χ4n) is 5.00. The Morgan fingerprint density at radius 2 is 1.68 bits per heavy atom. The second-order valence-electron chi connectivity index (χ2n) is 10.3. The van der Waals surface area contributed by atoms with Crippen molar-refractivity contribution in [2.24, 2.45) is 10.9 Å². The molecule has 0 aliphatic carbocycles. The maximum atomic E-state index is 14.0. The Bertz CT molecular complexity index is 1830. The molecule has 3 aromatic carbocycles. The van der Waals surface area contributed by atoms with Crippen LogP contribution < -0.4 is 20.9 Å². The molecule has 0 aliphatic heterocycles. The largest absolute Gasteiger partial charge is 0.497 e. The van der Waals surface area contributed by atoms with Crippen LogP contribution in [0.2, 0.25) is 0 Å². The average molecular weight is 596 g/mol. The summed E-state index contributed by atoms with van der Waals surface area (Å²) in [5.74, 6) is 6.92. The lowest BCUT2D eigenvalue weighted by Gasteiger charge is -2.20. The molecule has 2 heterocycles. The second-order valence-corrected chi connectivity index (χ2v) is 10.3. The highest BCUT2D eigenvalue weighted by Gasteiger charge is 2.20. The minimum atomic E-state index is -0.413. The van der Waals surface area contributed by atoms with Crippen molar-refractivity contribution < 1.29 is 18.6 Å². The van der Waals surface area contributed by atoms with E-state index in [1.54, 1.807) is 55.6 Å². The molecule has 9 nitrogen and oxygen atoms in total. The molecule has 0 unspecified atom stereocenters. The summed E-state index contributed by atoms with van der Waals surface area (Å²) in [5, 5.41) is 4.07. The predicted molar refractivity (Wildman–Crippen MR) is 167 cm³/mol. The Morgan fingerprint density at radius 1 is 0.955 bits per heavy atom. The van der Waals surface area contributed by atoms with Crippen molar-refractivity contribution in [3.05, 3.63) is 141 Å². The van der Waals surface area contributed by atoms with Gasteiger partial charge in [-0.15, -0.1) is 0 Å². The van der Waals surface area contributed by atoms with Gasteiger partial charge in [-0.1, -0.05) is 30.3 Å². The number of nitrogens with zero attached hydrogens (tertiary/aromatic N) is 4. The van der Waals surface area contributed by atoms with E-state index in [2.05, 4.69) is 10.1 Å². The fourth-order valence-corrected chi connectivity index (χ4v) is 5.00. The molecule has 0 bridgehead atoms. The minimum Gasteiger partial charge on any atom is -0.497 e. The lowest BCUT2D eigenvalue weighted by molar-refractivity contribution is 0.106. The minimum absolute atomic E-state index is 0.218. The van der Waals surface area contributed by atoms with Gasteiger partial charge < -0.3 is 29.2 Å². The van der Waals surface area contributed by atoms with E-state index in [9.17, 15) is 9.18 Å². The quantitative estimate of drug-likeness (QED) is 0.122. The second kappa shape index (κ2) is 13.4. The molecule has 5 rings (SSSR count). The molecular weight excluding hydrogens is 561 g/mol. The van der Waals surface area contributed by atoms with Crippen molar-refractivity contribution in [2.75, 3.05) is 14.2 Å². The van der Waals surface area contributed by atoms with E-state index in [4.69, 9.17) is 20.1 Å². The summed E-state index contributed by atoms with van der Waals surface area (Å²) in [6.07, 6.45) is 5.35. The van der Waals surface area contributed by atoms with E-state index >= 15 is 0 Å². The van der Waals surface area contributed by atoms with Crippen molar-refractivity contribution >= 4 is 5.71 Å². The van der Waals surface area contributed by atoms with Crippen LogP contribution in [0.4, 0.5) is 4.39 Å². The van der Waals surface area contributed by atoms with Gasteiger partial charge >= 0.3 is 0 Å². The summed E-state index contributed by atoms with van der Waals surface area (Å²) in [6.45, 7) is 4.36. The monoisotopic (exact) mass is 595 g/mol. The molecule has 0 saturated heterocycles. The zero-order valence-electron chi connectivity index (χ0n) is 25.0.